The third kappa shape index (κ3) is 5.06. The molecule has 1 aromatic heterocycles. The quantitative estimate of drug-likeness (QED) is 0.421. The molecule has 0 radical (unpaired) electrons. The van der Waals surface area contributed by atoms with Crippen LogP contribution in [0.5, 0.6) is 11.5 Å². The van der Waals surface area contributed by atoms with Crippen molar-refractivity contribution in [3.63, 3.8) is 0 Å². The Bertz CT molecular complexity index is 1020. The summed E-state index contributed by atoms with van der Waals surface area (Å²) < 4.78 is 14.9. The molecule has 0 saturated heterocycles. The van der Waals surface area contributed by atoms with E-state index < -0.39 is 0 Å². The van der Waals surface area contributed by atoms with Crippen molar-refractivity contribution < 1.29 is 9.47 Å². The van der Waals surface area contributed by atoms with Gasteiger partial charge in [-0.05, 0) is 77.4 Å². The van der Waals surface area contributed by atoms with Crippen LogP contribution in [0.3, 0.4) is 0 Å². The summed E-state index contributed by atoms with van der Waals surface area (Å²) >= 11 is 14.9. The molecule has 0 unspecified atom stereocenters. The lowest BCUT2D eigenvalue weighted by molar-refractivity contribution is 0.267. The molecule has 0 spiro atoms. The lowest BCUT2D eigenvalue weighted by Gasteiger charge is -2.16. The molecule has 0 atom stereocenters. The van der Waals surface area contributed by atoms with Gasteiger partial charge in [0.25, 0.3) is 0 Å². The lowest BCUT2D eigenvalue weighted by atomic mass is 10.2. The number of ether oxygens (including phenoxy) is 2. The number of aromatic amines is 1. The van der Waals surface area contributed by atoms with Crippen LogP contribution >= 0.6 is 39.7 Å². The average Bonchev–Trinajstić information content (AvgIpc) is 2.97. The summed E-state index contributed by atoms with van der Waals surface area (Å²) in [5.41, 5.74) is 5.24. The Morgan fingerprint density at radius 1 is 1.25 bits per heavy atom. The highest BCUT2D eigenvalue weighted by Crippen LogP contribution is 2.37. The van der Waals surface area contributed by atoms with Crippen molar-refractivity contribution in [1.82, 2.24) is 14.9 Å². The number of aromatic nitrogens is 3. The Morgan fingerprint density at radius 3 is 2.75 bits per heavy atom. The number of nitrogens with zero attached hydrogens (tertiary/aromatic N) is 2. The van der Waals surface area contributed by atoms with Crippen molar-refractivity contribution in [2.45, 2.75) is 27.0 Å². The van der Waals surface area contributed by atoms with Gasteiger partial charge in [0.2, 0.25) is 4.77 Å². The third-order valence-corrected chi connectivity index (χ3v) is 5.02. The Labute approximate surface area is 181 Å². The van der Waals surface area contributed by atoms with Crippen LogP contribution in [0.15, 0.2) is 40.9 Å². The molecule has 3 aromatic rings. The molecular weight excluding hydrogens is 464 g/mol. The normalized spacial score (nSPS) is 10.7. The van der Waals surface area contributed by atoms with Gasteiger partial charge < -0.3 is 14.9 Å². The predicted octanol–water partition coefficient (Wildman–Crippen LogP) is 5.39. The Morgan fingerprint density at radius 2 is 2.07 bits per heavy atom. The van der Waals surface area contributed by atoms with Crippen molar-refractivity contribution in [1.29, 1.82) is 0 Å². The van der Waals surface area contributed by atoms with Crippen LogP contribution in [0.4, 0.5) is 0 Å². The van der Waals surface area contributed by atoms with Crippen molar-refractivity contribution >= 4 is 39.7 Å². The van der Waals surface area contributed by atoms with Crippen molar-refractivity contribution in [2.24, 2.45) is 0 Å². The summed E-state index contributed by atoms with van der Waals surface area (Å²) in [7, 11) is 0. The van der Waals surface area contributed by atoms with E-state index in [-0.39, 0.29) is 0 Å². The van der Waals surface area contributed by atoms with Gasteiger partial charge in [-0.2, -0.15) is 5.10 Å². The van der Waals surface area contributed by atoms with Crippen LogP contribution in [0.1, 0.15) is 23.9 Å². The van der Waals surface area contributed by atoms with E-state index in [9.17, 15) is 0 Å². The molecule has 0 amide bonds. The SMILES string of the molecule is CCOc1cc(CNn2c(C)n[nH]c2=S)cc(Br)c1OCc1cccc(Cl)c1. The topological polar surface area (TPSA) is 64.1 Å². The minimum atomic E-state index is 0.389. The number of nitrogens with one attached hydrogen (secondary N) is 2. The zero-order valence-electron chi connectivity index (χ0n) is 15.5. The predicted molar refractivity (Wildman–Crippen MR) is 116 cm³/mol. The molecule has 148 valence electrons. The minimum Gasteiger partial charge on any atom is -0.490 e. The van der Waals surface area contributed by atoms with Gasteiger partial charge in [0, 0.05) is 5.02 Å². The molecule has 6 nitrogen and oxygen atoms in total. The zero-order valence-corrected chi connectivity index (χ0v) is 18.6. The van der Waals surface area contributed by atoms with E-state index in [4.69, 9.17) is 33.3 Å². The first-order valence-electron chi connectivity index (χ1n) is 8.68. The number of halogens is 2. The molecule has 3 rings (SSSR count). The highest BCUT2D eigenvalue weighted by atomic mass is 79.9. The smallest absolute Gasteiger partial charge is 0.214 e. The number of hydrogen-bond acceptors (Lipinski definition) is 5. The van der Waals surface area contributed by atoms with E-state index >= 15 is 0 Å². The summed E-state index contributed by atoms with van der Waals surface area (Å²) in [6.45, 7) is 5.27. The molecule has 9 heteroatoms. The molecule has 0 saturated carbocycles. The summed E-state index contributed by atoms with van der Waals surface area (Å²) in [6.07, 6.45) is 0. The van der Waals surface area contributed by atoms with Crippen LogP contribution in [0.25, 0.3) is 0 Å². The Balaban J connectivity index is 1.78. The summed E-state index contributed by atoms with van der Waals surface area (Å²) in [6, 6.07) is 11.5. The van der Waals surface area contributed by atoms with Gasteiger partial charge in [0.15, 0.2) is 11.5 Å². The number of aryl methyl sites for hydroxylation is 1. The minimum absolute atomic E-state index is 0.389. The third-order valence-electron chi connectivity index (χ3n) is 3.92. The second kappa shape index (κ2) is 9.45. The molecule has 0 fully saturated rings. The van der Waals surface area contributed by atoms with Gasteiger partial charge in [-0.3, -0.25) is 5.10 Å². The van der Waals surface area contributed by atoms with Crippen LogP contribution in [-0.4, -0.2) is 21.5 Å². The fraction of sp³-hybridized carbons (Fsp3) is 0.263. The summed E-state index contributed by atoms with van der Waals surface area (Å²) in [5.74, 6) is 2.08. The van der Waals surface area contributed by atoms with Gasteiger partial charge >= 0.3 is 0 Å². The highest BCUT2D eigenvalue weighted by Gasteiger charge is 2.13. The van der Waals surface area contributed by atoms with Gasteiger partial charge in [-0.1, -0.05) is 23.7 Å². The second-order valence-corrected chi connectivity index (χ2v) is 7.68. The first-order valence-corrected chi connectivity index (χ1v) is 10.3. The largest absolute Gasteiger partial charge is 0.490 e. The molecule has 0 aliphatic heterocycles. The fourth-order valence-corrected chi connectivity index (χ4v) is 3.70. The average molecular weight is 484 g/mol. The highest BCUT2D eigenvalue weighted by molar-refractivity contribution is 9.10. The maximum absolute atomic E-state index is 6.05. The lowest BCUT2D eigenvalue weighted by Crippen LogP contribution is -2.16. The van der Waals surface area contributed by atoms with Crippen LogP contribution in [-0.2, 0) is 13.2 Å². The number of benzene rings is 2. The van der Waals surface area contributed by atoms with Gasteiger partial charge in [-0.25, -0.2) is 4.68 Å². The van der Waals surface area contributed by atoms with Gasteiger partial charge in [0.1, 0.15) is 12.4 Å². The number of rotatable bonds is 8. The van der Waals surface area contributed by atoms with Crippen molar-refractivity contribution in [2.75, 3.05) is 12.0 Å². The zero-order chi connectivity index (χ0) is 20.1. The maximum Gasteiger partial charge on any atom is 0.214 e. The summed E-state index contributed by atoms with van der Waals surface area (Å²) in [5, 5.41) is 7.52. The summed E-state index contributed by atoms with van der Waals surface area (Å²) in [4.78, 5) is 0. The monoisotopic (exact) mass is 482 g/mol. The number of hydrogen-bond donors (Lipinski definition) is 2. The van der Waals surface area contributed by atoms with Crippen molar-refractivity contribution in [3.8, 4) is 11.5 Å². The van der Waals surface area contributed by atoms with E-state index in [1.807, 2.05) is 50.2 Å². The molecule has 1 heterocycles. The first kappa shape index (κ1) is 20.7. The Hall–Kier alpha value is -2.03. The number of H-pyrrole nitrogens is 1. The molecule has 0 aliphatic carbocycles. The fourth-order valence-electron chi connectivity index (χ4n) is 2.64. The standard InChI is InChI=1S/C19H20BrClN4O2S/c1-3-26-17-9-14(10-22-25-12(2)23-24-19(25)28)8-16(20)18(17)27-11-13-5-4-6-15(21)7-13/h4-9,22H,3,10-11H2,1-2H3,(H,24,28). The Kier molecular flexibility index (Phi) is 6.98. The van der Waals surface area contributed by atoms with E-state index in [1.54, 1.807) is 4.68 Å². The van der Waals surface area contributed by atoms with E-state index in [2.05, 4.69) is 31.6 Å². The van der Waals surface area contributed by atoms with Gasteiger partial charge in [-0.15, -0.1) is 0 Å². The van der Waals surface area contributed by atoms with E-state index in [1.165, 1.54) is 0 Å². The maximum atomic E-state index is 6.05. The molecule has 0 aliphatic rings. The molecule has 2 N–H and O–H groups in total. The van der Waals surface area contributed by atoms with Crippen LogP contribution < -0.4 is 14.9 Å². The molecule has 0 bridgehead atoms. The van der Waals surface area contributed by atoms with E-state index in [0.29, 0.717) is 41.1 Å². The van der Waals surface area contributed by atoms with E-state index in [0.717, 1.165) is 21.4 Å². The van der Waals surface area contributed by atoms with Gasteiger partial charge in [0.05, 0.1) is 17.6 Å². The molecular formula is C19H20BrClN4O2S. The van der Waals surface area contributed by atoms with Crippen LogP contribution in [0.2, 0.25) is 5.02 Å². The van der Waals surface area contributed by atoms with Crippen molar-refractivity contribution in [3.05, 3.63) is 67.6 Å². The first-order chi connectivity index (χ1) is 13.5. The molecule has 28 heavy (non-hydrogen) atoms. The second-order valence-electron chi connectivity index (χ2n) is 6.00. The van der Waals surface area contributed by atoms with Crippen LogP contribution in [0, 0.1) is 11.7 Å². The molecule has 2 aromatic carbocycles.